The van der Waals surface area contributed by atoms with Gasteiger partial charge in [-0.25, -0.2) is 4.98 Å². The maximum absolute atomic E-state index is 5.86. The fourth-order valence-corrected chi connectivity index (χ4v) is 2.97. The lowest BCUT2D eigenvalue weighted by Gasteiger charge is -2.16. The van der Waals surface area contributed by atoms with E-state index in [9.17, 15) is 0 Å². The van der Waals surface area contributed by atoms with E-state index in [4.69, 9.17) is 5.73 Å². The van der Waals surface area contributed by atoms with E-state index < -0.39 is 0 Å². The van der Waals surface area contributed by atoms with E-state index in [1.54, 1.807) is 11.3 Å². The van der Waals surface area contributed by atoms with Gasteiger partial charge in [0.05, 0.1) is 16.3 Å². The highest BCUT2D eigenvalue weighted by molar-refractivity contribution is 7.22. The van der Waals surface area contributed by atoms with E-state index in [1.807, 2.05) is 36.4 Å². The molecule has 4 heteroatoms. The summed E-state index contributed by atoms with van der Waals surface area (Å²) < 4.78 is 1.19. The van der Waals surface area contributed by atoms with Gasteiger partial charge in [-0.3, -0.25) is 0 Å². The van der Waals surface area contributed by atoms with Gasteiger partial charge in [0.2, 0.25) is 0 Å². The number of nitrogens with two attached hydrogens (primary N) is 1. The van der Waals surface area contributed by atoms with Crippen LogP contribution in [0.3, 0.4) is 0 Å². The van der Waals surface area contributed by atoms with E-state index in [1.165, 1.54) is 10.3 Å². The Bertz CT molecular complexity index is 630. The zero-order valence-corrected chi connectivity index (χ0v) is 11.2. The number of anilines is 1. The summed E-state index contributed by atoms with van der Waals surface area (Å²) in [6, 6.07) is 18.5. The first-order valence-electron chi connectivity index (χ1n) is 6.24. The lowest BCUT2D eigenvalue weighted by atomic mass is 10.1. The third-order valence-corrected chi connectivity index (χ3v) is 4.00. The molecule has 3 N–H and O–H groups in total. The Kier molecular flexibility index (Phi) is 3.44. The minimum absolute atomic E-state index is 0.0989. The van der Waals surface area contributed by atoms with Crippen LogP contribution in [0.4, 0.5) is 5.13 Å². The molecular weight excluding hydrogens is 254 g/mol. The molecule has 2 aromatic carbocycles. The molecule has 3 aromatic rings. The molecule has 3 nitrogen and oxygen atoms in total. The summed E-state index contributed by atoms with van der Waals surface area (Å²) in [6.07, 6.45) is 0. The number of hydrogen-bond donors (Lipinski definition) is 2. The Hall–Kier alpha value is -1.91. The summed E-state index contributed by atoms with van der Waals surface area (Å²) in [6.45, 7) is 0.542. The molecule has 0 amide bonds. The molecule has 0 aliphatic rings. The highest BCUT2D eigenvalue weighted by Gasteiger charge is 2.11. The van der Waals surface area contributed by atoms with Crippen LogP contribution in [0.5, 0.6) is 0 Å². The Balaban J connectivity index is 1.86. The molecule has 0 spiro atoms. The highest BCUT2D eigenvalue weighted by atomic mass is 32.1. The Morgan fingerprint density at radius 3 is 2.53 bits per heavy atom. The molecule has 1 aromatic heterocycles. The normalized spacial score (nSPS) is 12.5. The third-order valence-electron chi connectivity index (χ3n) is 3.03. The maximum atomic E-state index is 5.86. The Morgan fingerprint density at radius 2 is 1.79 bits per heavy atom. The Morgan fingerprint density at radius 1 is 1.05 bits per heavy atom. The van der Waals surface area contributed by atoms with Crippen LogP contribution in [0.25, 0.3) is 10.2 Å². The molecule has 3 rings (SSSR count). The van der Waals surface area contributed by atoms with Crippen LogP contribution in [-0.4, -0.2) is 11.5 Å². The zero-order chi connectivity index (χ0) is 13.1. The molecule has 0 radical (unpaired) electrons. The van der Waals surface area contributed by atoms with E-state index in [0.717, 1.165) is 10.6 Å². The van der Waals surface area contributed by atoms with Crippen LogP contribution in [0.15, 0.2) is 54.6 Å². The van der Waals surface area contributed by atoms with Crippen molar-refractivity contribution in [2.45, 2.75) is 6.04 Å². The van der Waals surface area contributed by atoms with Gasteiger partial charge in [0.1, 0.15) is 0 Å². The SMILES string of the molecule is NCC(Nc1nc2ccccc2s1)c1ccccc1. The van der Waals surface area contributed by atoms with Crippen molar-refractivity contribution in [3.63, 3.8) is 0 Å². The van der Waals surface area contributed by atoms with Gasteiger partial charge in [-0.15, -0.1) is 0 Å². The van der Waals surface area contributed by atoms with Gasteiger partial charge in [-0.1, -0.05) is 53.8 Å². The second-order valence-corrected chi connectivity index (χ2v) is 5.36. The molecule has 0 saturated heterocycles. The first kappa shape index (κ1) is 12.1. The van der Waals surface area contributed by atoms with Gasteiger partial charge < -0.3 is 11.1 Å². The molecule has 96 valence electrons. The minimum atomic E-state index is 0.0989. The molecule has 0 aliphatic heterocycles. The molecule has 0 fully saturated rings. The highest BCUT2D eigenvalue weighted by Crippen LogP contribution is 2.28. The molecule has 0 saturated carbocycles. The van der Waals surface area contributed by atoms with E-state index >= 15 is 0 Å². The maximum Gasteiger partial charge on any atom is 0.184 e. The summed E-state index contributed by atoms with van der Waals surface area (Å²) >= 11 is 1.66. The topological polar surface area (TPSA) is 50.9 Å². The largest absolute Gasteiger partial charge is 0.353 e. The van der Waals surface area contributed by atoms with E-state index in [0.29, 0.717) is 6.54 Å². The third kappa shape index (κ3) is 2.59. The fraction of sp³-hybridized carbons (Fsp3) is 0.133. The molecule has 0 bridgehead atoms. The number of thiazole rings is 1. The molecular formula is C15H15N3S. The number of hydrogen-bond acceptors (Lipinski definition) is 4. The van der Waals surface area contributed by atoms with Crippen molar-refractivity contribution in [1.29, 1.82) is 0 Å². The van der Waals surface area contributed by atoms with Crippen molar-refractivity contribution in [2.24, 2.45) is 5.73 Å². The Labute approximate surface area is 116 Å². The molecule has 19 heavy (non-hydrogen) atoms. The van der Waals surface area contributed by atoms with Gasteiger partial charge in [0.15, 0.2) is 5.13 Å². The molecule has 1 heterocycles. The molecule has 1 unspecified atom stereocenters. The number of para-hydroxylation sites is 1. The molecule has 1 atom stereocenters. The second kappa shape index (κ2) is 5.38. The number of fused-ring (bicyclic) bond motifs is 1. The zero-order valence-electron chi connectivity index (χ0n) is 10.4. The quantitative estimate of drug-likeness (QED) is 0.763. The molecule has 0 aliphatic carbocycles. The van der Waals surface area contributed by atoms with Crippen LogP contribution in [-0.2, 0) is 0 Å². The van der Waals surface area contributed by atoms with Crippen LogP contribution < -0.4 is 11.1 Å². The van der Waals surface area contributed by atoms with Crippen molar-refractivity contribution in [3.05, 3.63) is 60.2 Å². The monoisotopic (exact) mass is 269 g/mol. The minimum Gasteiger partial charge on any atom is -0.353 e. The first-order chi connectivity index (χ1) is 9.36. The van der Waals surface area contributed by atoms with Crippen molar-refractivity contribution >= 4 is 26.7 Å². The second-order valence-electron chi connectivity index (χ2n) is 4.33. The van der Waals surface area contributed by atoms with Crippen molar-refractivity contribution in [1.82, 2.24) is 4.98 Å². The van der Waals surface area contributed by atoms with Crippen LogP contribution in [0.2, 0.25) is 0 Å². The summed E-state index contributed by atoms with van der Waals surface area (Å²) in [5.74, 6) is 0. The van der Waals surface area contributed by atoms with Crippen LogP contribution in [0.1, 0.15) is 11.6 Å². The number of benzene rings is 2. The van der Waals surface area contributed by atoms with Gasteiger partial charge >= 0.3 is 0 Å². The van der Waals surface area contributed by atoms with Crippen LogP contribution in [0, 0.1) is 0 Å². The lowest BCUT2D eigenvalue weighted by Crippen LogP contribution is -2.20. The number of nitrogens with zero attached hydrogens (tertiary/aromatic N) is 1. The summed E-state index contributed by atoms with van der Waals surface area (Å²) in [7, 11) is 0. The predicted octanol–water partition coefficient (Wildman–Crippen LogP) is 3.41. The van der Waals surface area contributed by atoms with Crippen molar-refractivity contribution in [3.8, 4) is 0 Å². The lowest BCUT2D eigenvalue weighted by molar-refractivity contribution is 0.789. The summed E-state index contributed by atoms with van der Waals surface area (Å²) in [5.41, 5.74) is 8.07. The number of rotatable bonds is 4. The van der Waals surface area contributed by atoms with E-state index in [-0.39, 0.29) is 6.04 Å². The number of aromatic nitrogens is 1. The summed E-state index contributed by atoms with van der Waals surface area (Å²) in [5, 5.41) is 4.33. The smallest absolute Gasteiger partial charge is 0.184 e. The number of nitrogens with one attached hydrogen (secondary N) is 1. The average molecular weight is 269 g/mol. The average Bonchev–Trinajstić information content (AvgIpc) is 2.88. The van der Waals surface area contributed by atoms with Gasteiger partial charge in [-0.05, 0) is 17.7 Å². The standard InChI is InChI=1S/C15H15N3S/c16-10-13(11-6-2-1-3-7-11)18-15-17-12-8-4-5-9-14(12)19-15/h1-9,13H,10,16H2,(H,17,18). The van der Waals surface area contributed by atoms with Gasteiger partial charge in [-0.2, -0.15) is 0 Å². The fourth-order valence-electron chi connectivity index (χ4n) is 2.05. The first-order valence-corrected chi connectivity index (χ1v) is 7.05. The van der Waals surface area contributed by atoms with Crippen LogP contribution >= 0.6 is 11.3 Å². The predicted molar refractivity (Wildman–Crippen MR) is 81.5 cm³/mol. The van der Waals surface area contributed by atoms with Crippen molar-refractivity contribution < 1.29 is 0 Å². The van der Waals surface area contributed by atoms with Gasteiger partial charge in [0, 0.05) is 6.54 Å². The van der Waals surface area contributed by atoms with Gasteiger partial charge in [0.25, 0.3) is 0 Å². The van der Waals surface area contributed by atoms with E-state index in [2.05, 4.69) is 28.5 Å². The van der Waals surface area contributed by atoms with Crippen molar-refractivity contribution in [2.75, 3.05) is 11.9 Å². The summed E-state index contributed by atoms with van der Waals surface area (Å²) in [4.78, 5) is 4.58.